The van der Waals surface area contributed by atoms with Crippen LogP contribution in [0.3, 0.4) is 0 Å². The molecule has 0 bridgehead atoms. The molecule has 6 aromatic heterocycles. The van der Waals surface area contributed by atoms with Gasteiger partial charge in [-0.3, -0.25) is 0 Å². The Morgan fingerprint density at radius 2 is 0.553 bits per heavy atom. The van der Waals surface area contributed by atoms with Gasteiger partial charge in [0.25, 0.3) is 0 Å². The number of hydrogen-bond donors (Lipinski definition) is 6. The van der Waals surface area contributed by atoms with Crippen molar-refractivity contribution in [2.24, 2.45) is 0 Å². The van der Waals surface area contributed by atoms with Crippen molar-refractivity contribution in [1.29, 1.82) is 0 Å². The molecular weight excluding hydrogens is 783 g/mol. The van der Waals surface area contributed by atoms with Crippen LogP contribution in [-0.4, -0.2) is 96.8 Å². The summed E-state index contributed by atoms with van der Waals surface area (Å²) in [5.74, 6) is 0. The zero-order valence-electron chi connectivity index (χ0n) is 22.5. The number of nitrogens with zero attached hydrogens (tertiary/aromatic N) is 6. The molecule has 18 nitrogen and oxygen atoms in total. The van der Waals surface area contributed by atoms with E-state index < -0.39 is 31.3 Å². The fourth-order valence-electron chi connectivity index (χ4n) is 2.42. The van der Waals surface area contributed by atoms with Crippen LogP contribution in [0.25, 0.3) is 34.2 Å². The van der Waals surface area contributed by atoms with E-state index >= 15 is 0 Å². The number of hydrogen-bond acceptors (Lipinski definition) is 12. The molecule has 0 radical (unpaired) electrons. The van der Waals surface area contributed by atoms with Crippen LogP contribution in [0, 0.1) is 0 Å². The molecule has 27 heteroatoms. The summed E-state index contributed by atoms with van der Waals surface area (Å²) in [6, 6.07) is 0. The largest absolute Gasteiger partial charge is 2.00 e. The van der Waals surface area contributed by atoms with E-state index in [0.717, 1.165) is 34.2 Å². The third kappa shape index (κ3) is 14.1. The fraction of sp³-hybridized carbons (Fsp3) is 0.100. The van der Waals surface area contributed by atoms with Crippen LogP contribution in [0.2, 0.25) is 0 Å². The molecule has 6 N–H and O–H groups in total. The molecule has 0 aliphatic heterocycles. The molecule has 6 rings (SSSR count). The Morgan fingerprint density at radius 3 is 0.617 bits per heavy atom. The zero-order valence-corrected chi connectivity index (χ0v) is 25.9. The number of halogens is 6. The molecule has 0 fully saturated rings. The maximum atomic E-state index is 10.7. The van der Waals surface area contributed by atoms with E-state index in [1.807, 2.05) is 0 Å². The number of nitrogens with one attached hydrogen (secondary N) is 6. The number of H-pyrrole nitrogens is 6. The van der Waals surface area contributed by atoms with Gasteiger partial charge in [0.2, 0.25) is 0 Å². The van der Waals surface area contributed by atoms with Crippen molar-refractivity contribution in [3.63, 3.8) is 0 Å². The van der Waals surface area contributed by atoms with Crippen LogP contribution >= 0.6 is 0 Å². The SMILES string of the molecule is O=S(=O)([O-])C(F)(F)F.O=S(=O)([O-])C(F)(F)F.[Ru+2].c1ncc(-c2cnc[nH]2)[nH]1.c1ncc(-c2cnc[nH]2)[nH]1.c1ncc(-c2cnc[nH]2)[nH]1. The first-order valence-electron chi connectivity index (χ1n) is 11.4. The molecule has 0 aliphatic carbocycles. The molecule has 0 aromatic carbocycles. The smallest absolute Gasteiger partial charge is 0.741 e. The van der Waals surface area contributed by atoms with E-state index in [0.29, 0.717) is 0 Å². The molecule has 6 heterocycles. The van der Waals surface area contributed by atoms with Crippen LogP contribution in [0.1, 0.15) is 0 Å². The van der Waals surface area contributed by atoms with Crippen LogP contribution in [0.5, 0.6) is 0 Å². The minimum atomic E-state index is -6.09. The van der Waals surface area contributed by atoms with Crippen molar-refractivity contribution in [3.05, 3.63) is 75.1 Å². The summed E-state index contributed by atoms with van der Waals surface area (Å²) < 4.78 is 118. The second kappa shape index (κ2) is 17.8. The van der Waals surface area contributed by atoms with Gasteiger partial charge >= 0.3 is 30.5 Å². The molecule has 47 heavy (non-hydrogen) atoms. The molecule has 0 atom stereocenters. The summed E-state index contributed by atoms with van der Waals surface area (Å²) in [5, 5.41) is 0. The Hall–Kier alpha value is -4.72. The van der Waals surface area contributed by atoms with E-state index in [4.69, 9.17) is 25.9 Å². The molecule has 0 aliphatic rings. The second-order valence-electron chi connectivity index (χ2n) is 7.59. The second-order valence-corrected chi connectivity index (χ2v) is 10.3. The van der Waals surface area contributed by atoms with Gasteiger partial charge in [0.1, 0.15) is 0 Å². The number of aromatic amines is 6. The summed E-state index contributed by atoms with van der Waals surface area (Å²) in [6.07, 6.45) is 20.3. The van der Waals surface area contributed by atoms with Crippen LogP contribution in [0.15, 0.2) is 75.1 Å². The van der Waals surface area contributed by atoms with Crippen molar-refractivity contribution in [1.82, 2.24) is 59.8 Å². The maximum absolute atomic E-state index is 10.7. The first kappa shape index (κ1) is 40.3. The Morgan fingerprint density at radius 1 is 0.426 bits per heavy atom. The molecular formula is C20H18F6N12O6RuS2. The standard InChI is InChI=1S/3C6H6N4.2CHF3O3S.Ru/c3*1-5(9-3-7-1)6-2-8-4-10-6;2*2-1(3,4)8(5,6)7;/h3*1-4H,(H,7,9)(H,8,10);2*(H,5,6,7);/q;;;;;+2/p-2. The number of aromatic nitrogens is 12. The quantitative estimate of drug-likeness (QED) is 0.0652. The number of alkyl halides is 6. The molecule has 256 valence electrons. The molecule has 6 aromatic rings. The van der Waals surface area contributed by atoms with Crippen molar-refractivity contribution in [2.75, 3.05) is 0 Å². The van der Waals surface area contributed by atoms with E-state index in [1.54, 1.807) is 75.1 Å². The average Bonchev–Trinajstić information content (AvgIpc) is 3.82. The minimum absolute atomic E-state index is 0. The fourth-order valence-corrected chi connectivity index (χ4v) is 2.42. The molecule has 0 amide bonds. The Kier molecular flexibility index (Phi) is 15.3. The van der Waals surface area contributed by atoms with E-state index in [1.165, 1.54) is 0 Å². The Bertz CT molecular complexity index is 1560. The minimum Gasteiger partial charge on any atom is -0.741 e. The molecule has 0 spiro atoms. The van der Waals surface area contributed by atoms with E-state index in [2.05, 4.69) is 59.8 Å². The Balaban J connectivity index is 0.000000294. The normalized spacial score (nSPS) is 11.1. The van der Waals surface area contributed by atoms with Gasteiger partial charge in [-0.2, -0.15) is 26.3 Å². The summed E-state index contributed by atoms with van der Waals surface area (Å²) in [7, 11) is -12.2. The monoisotopic (exact) mass is 802 g/mol. The third-order valence-corrected chi connectivity index (χ3v) is 5.56. The van der Waals surface area contributed by atoms with E-state index in [9.17, 15) is 26.3 Å². The van der Waals surface area contributed by atoms with Crippen LogP contribution in [0.4, 0.5) is 26.3 Å². The molecule has 0 unspecified atom stereocenters. The maximum Gasteiger partial charge on any atom is 2.00 e. The first-order valence-corrected chi connectivity index (χ1v) is 14.2. The predicted octanol–water partition coefficient (Wildman–Crippen LogP) is 2.50. The van der Waals surface area contributed by atoms with Crippen molar-refractivity contribution >= 4 is 20.2 Å². The van der Waals surface area contributed by atoms with Gasteiger partial charge in [-0.05, 0) is 0 Å². The first-order chi connectivity index (χ1) is 21.4. The van der Waals surface area contributed by atoms with Gasteiger partial charge in [0, 0.05) is 0 Å². The van der Waals surface area contributed by atoms with Crippen molar-refractivity contribution in [3.8, 4) is 34.2 Å². The van der Waals surface area contributed by atoms with Gasteiger partial charge in [-0.15, -0.1) is 0 Å². The van der Waals surface area contributed by atoms with Crippen molar-refractivity contribution < 1.29 is 71.8 Å². The van der Waals surface area contributed by atoms with E-state index in [-0.39, 0.29) is 19.5 Å². The Labute approximate surface area is 271 Å². The summed E-state index contributed by atoms with van der Waals surface area (Å²) >= 11 is 0. The van der Waals surface area contributed by atoms with Gasteiger partial charge in [0.05, 0.1) is 109 Å². The third-order valence-electron chi connectivity index (χ3n) is 4.43. The topological polar surface area (TPSA) is 286 Å². The summed E-state index contributed by atoms with van der Waals surface area (Å²) in [6.45, 7) is 0. The zero-order chi connectivity index (χ0) is 34.4. The molecule has 0 saturated heterocycles. The summed E-state index contributed by atoms with van der Waals surface area (Å²) in [5.41, 5.74) is -5.56. The van der Waals surface area contributed by atoms with Crippen molar-refractivity contribution in [2.45, 2.75) is 11.0 Å². The van der Waals surface area contributed by atoms with Crippen LogP contribution in [-0.2, 0) is 39.7 Å². The average molecular weight is 802 g/mol. The van der Waals surface area contributed by atoms with Gasteiger partial charge in [-0.25, -0.2) is 46.7 Å². The predicted molar refractivity (Wildman–Crippen MR) is 140 cm³/mol. The van der Waals surface area contributed by atoms with Gasteiger partial charge in [0.15, 0.2) is 20.2 Å². The van der Waals surface area contributed by atoms with Gasteiger partial charge in [-0.1, -0.05) is 0 Å². The van der Waals surface area contributed by atoms with Crippen LogP contribution < -0.4 is 0 Å². The summed E-state index contributed by atoms with van der Waals surface area (Å²) in [4.78, 5) is 41.0. The number of imidazole rings is 6. The van der Waals surface area contributed by atoms with Gasteiger partial charge < -0.3 is 39.0 Å². The number of rotatable bonds is 3. The molecule has 0 saturated carbocycles.